The molecule has 0 saturated carbocycles. The summed E-state index contributed by atoms with van der Waals surface area (Å²) in [6.45, 7) is 1.96. The predicted octanol–water partition coefficient (Wildman–Crippen LogP) is 2.31. The van der Waals surface area contributed by atoms with E-state index in [9.17, 15) is 9.90 Å². The summed E-state index contributed by atoms with van der Waals surface area (Å²) in [6, 6.07) is 7.26. The van der Waals surface area contributed by atoms with Crippen molar-refractivity contribution < 1.29 is 9.90 Å². The molecule has 2 heterocycles. The average molecular weight is 226 g/mol. The van der Waals surface area contributed by atoms with Crippen molar-refractivity contribution in [1.29, 1.82) is 0 Å². The first-order valence-corrected chi connectivity index (χ1v) is 5.26. The van der Waals surface area contributed by atoms with Gasteiger partial charge in [-0.25, -0.2) is 4.98 Å². The third-order valence-corrected chi connectivity index (χ3v) is 2.90. The van der Waals surface area contributed by atoms with Crippen LogP contribution in [0.25, 0.3) is 16.6 Å². The normalized spacial score (nSPS) is 11.1. The zero-order valence-corrected chi connectivity index (χ0v) is 9.21. The van der Waals surface area contributed by atoms with Gasteiger partial charge in [0.05, 0.1) is 5.52 Å². The Morgan fingerprint density at radius 2 is 2.24 bits per heavy atom. The molecule has 0 saturated heterocycles. The number of aryl methyl sites for hydroxylation is 1. The topological polar surface area (TPSA) is 54.6 Å². The molecule has 4 nitrogen and oxygen atoms in total. The quantitative estimate of drug-likeness (QED) is 0.648. The summed E-state index contributed by atoms with van der Waals surface area (Å²) in [7, 11) is 0. The van der Waals surface area contributed by atoms with Gasteiger partial charge in [-0.05, 0) is 24.6 Å². The van der Waals surface area contributed by atoms with Crippen LogP contribution in [0.4, 0.5) is 0 Å². The molecule has 0 amide bonds. The molecule has 1 aromatic carbocycles. The van der Waals surface area contributed by atoms with Crippen LogP contribution in [-0.2, 0) is 0 Å². The Morgan fingerprint density at radius 3 is 3.00 bits per heavy atom. The number of hydrogen-bond acceptors (Lipinski definition) is 3. The fraction of sp³-hybridized carbons (Fsp3) is 0.0769. The van der Waals surface area contributed by atoms with Crippen LogP contribution in [0.5, 0.6) is 5.75 Å². The molecule has 0 radical (unpaired) electrons. The van der Waals surface area contributed by atoms with E-state index in [-0.39, 0.29) is 5.75 Å². The molecule has 0 bridgehead atoms. The number of imidazole rings is 1. The number of nitrogens with zero attached hydrogens (tertiary/aromatic N) is 2. The van der Waals surface area contributed by atoms with Crippen LogP contribution in [0.1, 0.15) is 16.1 Å². The molecule has 0 aliphatic heterocycles. The minimum Gasteiger partial charge on any atom is -0.506 e. The average Bonchev–Trinajstić information content (AvgIpc) is 2.72. The van der Waals surface area contributed by atoms with Crippen LogP contribution < -0.4 is 0 Å². The number of fused-ring (bicyclic) bond motifs is 3. The van der Waals surface area contributed by atoms with Gasteiger partial charge < -0.3 is 5.11 Å². The molecule has 1 N–H and O–H groups in total. The van der Waals surface area contributed by atoms with Crippen molar-refractivity contribution in [3.8, 4) is 5.75 Å². The van der Waals surface area contributed by atoms with Crippen molar-refractivity contribution in [3.05, 3.63) is 41.7 Å². The summed E-state index contributed by atoms with van der Waals surface area (Å²) in [5.41, 5.74) is 2.73. The Bertz CT molecular complexity index is 744. The Hall–Kier alpha value is -2.36. The number of aromatic hydroxyl groups is 1. The van der Waals surface area contributed by atoms with Crippen LogP contribution in [0, 0.1) is 6.92 Å². The van der Waals surface area contributed by atoms with E-state index in [1.165, 1.54) is 0 Å². The number of carbonyl (C=O) groups excluding carboxylic acids is 1. The lowest BCUT2D eigenvalue weighted by Gasteiger charge is -2.06. The van der Waals surface area contributed by atoms with Crippen molar-refractivity contribution in [2.45, 2.75) is 6.92 Å². The number of benzene rings is 1. The van der Waals surface area contributed by atoms with Crippen LogP contribution >= 0.6 is 0 Å². The molecule has 3 aromatic rings. The third kappa shape index (κ3) is 1.30. The van der Waals surface area contributed by atoms with Crippen LogP contribution in [-0.4, -0.2) is 20.8 Å². The van der Waals surface area contributed by atoms with Gasteiger partial charge in [0, 0.05) is 11.6 Å². The van der Waals surface area contributed by atoms with Crippen molar-refractivity contribution in [2.24, 2.45) is 0 Å². The number of aromatic nitrogens is 2. The monoisotopic (exact) mass is 226 g/mol. The second-order valence-electron chi connectivity index (χ2n) is 4.01. The second-order valence-corrected chi connectivity index (χ2v) is 4.01. The smallest absolute Gasteiger partial charge is 0.170 e. The molecule has 84 valence electrons. The second kappa shape index (κ2) is 3.31. The lowest BCUT2D eigenvalue weighted by Crippen LogP contribution is -1.90. The SMILES string of the molecule is Cc1cc2nc(C=O)cn2c2c(O)cccc12. The maximum absolute atomic E-state index is 10.7. The highest BCUT2D eigenvalue weighted by molar-refractivity contribution is 5.90. The lowest BCUT2D eigenvalue weighted by atomic mass is 10.1. The fourth-order valence-electron chi connectivity index (χ4n) is 2.13. The number of aldehydes is 1. The van der Waals surface area contributed by atoms with E-state index in [4.69, 9.17) is 0 Å². The van der Waals surface area contributed by atoms with E-state index in [2.05, 4.69) is 4.98 Å². The van der Waals surface area contributed by atoms with E-state index in [1.54, 1.807) is 22.7 Å². The largest absolute Gasteiger partial charge is 0.506 e. The van der Waals surface area contributed by atoms with E-state index in [1.807, 2.05) is 19.1 Å². The first-order chi connectivity index (χ1) is 8.20. The van der Waals surface area contributed by atoms with E-state index >= 15 is 0 Å². The number of carbonyl (C=O) groups is 1. The highest BCUT2D eigenvalue weighted by Gasteiger charge is 2.09. The van der Waals surface area contributed by atoms with Crippen molar-refractivity contribution in [1.82, 2.24) is 9.38 Å². The molecular weight excluding hydrogens is 216 g/mol. The molecule has 3 rings (SSSR count). The van der Waals surface area contributed by atoms with E-state index in [0.717, 1.165) is 10.9 Å². The zero-order chi connectivity index (χ0) is 12.0. The van der Waals surface area contributed by atoms with Gasteiger partial charge in [0.15, 0.2) is 6.29 Å². The summed E-state index contributed by atoms with van der Waals surface area (Å²) in [6.07, 6.45) is 2.33. The van der Waals surface area contributed by atoms with Gasteiger partial charge >= 0.3 is 0 Å². The summed E-state index contributed by atoms with van der Waals surface area (Å²) >= 11 is 0. The molecular formula is C13H10N2O2. The standard InChI is InChI=1S/C13H10N2O2/c1-8-5-12-14-9(7-16)6-15(12)13-10(8)3-2-4-11(13)17/h2-7,17H,1H3. The number of rotatable bonds is 1. The van der Waals surface area contributed by atoms with Crippen molar-refractivity contribution in [3.63, 3.8) is 0 Å². The molecule has 0 aliphatic rings. The number of phenolic OH excluding ortho intramolecular Hbond substituents is 1. The molecule has 0 fully saturated rings. The number of phenols is 1. The van der Waals surface area contributed by atoms with Crippen LogP contribution in [0.15, 0.2) is 30.5 Å². The summed E-state index contributed by atoms with van der Waals surface area (Å²) < 4.78 is 1.74. The van der Waals surface area contributed by atoms with Gasteiger partial charge in [0.25, 0.3) is 0 Å². The van der Waals surface area contributed by atoms with Gasteiger partial charge in [0.1, 0.15) is 17.1 Å². The highest BCUT2D eigenvalue weighted by atomic mass is 16.3. The molecule has 0 unspecified atom stereocenters. The first-order valence-electron chi connectivity index (χ1n) is 5.26. The molecule has 4 heteroatoms. The summed E-state index contributed by atoms with van der Waals surface area (Å²) in [4.78, 5) is 14.9. The van der Waals surface area contributed by atoms with Gasteiger partial charge in [-0.3, -0.25) is 9.20 Å². The summed E-state index contributed by atoms with van der Waals surface area (Å²) in [5.74, 6) is 0.186. The van der Waals surface area contributed by atoms with Crippen LogP contribution in [0.2, 0.25) is 0 Å². The fourth-order valence-corrected chi connectivity index (χ4v) is 2.13. The molecule has 0 aliphatic carbocycles. The summed E-state index contributed by atoms with van der Waals surface area (Å²) in [5, 5.41) is 10.9. The number of pyridine rings is 1. The Kier molecular flexibility index (Phi) is 1.92. The first kappa shape index (κ1) is 9.84. The van der Waals surface area contributed by atoms with Crippen molar-refractivity contribution in [2.75, 3.05) is 0 Å². The van der Waals surface area contributed by atoms with E-state index in [0.29, 0.717) is 23.1 Å². The lowest BCUT2D eigenvalue weighted by molar-refractivity contribution is 0.111. The Balaban J connectivity index is 2.60. The van der Waals surface area contributed by atoms with Crippen molar-refractivity contribution >= 4 is 22.8 Å². The van der Waals surface area contributed by atoms with Gasteiger partial charge in [-0.15, -0.1) is 0 Å². The maximum Gasteiger partial charge on any atom is 0.170 e. The predicted molar refractivity (Wildman–Crippen MR) is 64.5 cm³/mol. The highest BCUT2D eigenvalue weighted by Crippen LogP contribution is 2.28. The van der Waals surface area contributed by atoms with Gasteiger partial charge in [-0.1, -0.05) is 12.1 Å². The molecule has 0 atom stereocenters. The Labute approximate surface area is 97.1 Å². The van der Waals surface area contributed by atoms with Crippen LogP contribution in [0.3, 0.4) is 0 Å². The minimum absolute atomic E-state index is 0.186. The zero-order valence-electron chi connectivity index (χ0n) is 9.21. The number of hydrogen-bond donors (Lipinski definition) is 1. The minimum atomic E-state index is 0.186. The maximum atomic E-state index is 10.7. The molecule has 2 aromatic heterocycles. The van der Waals surface area contributed by atoms with E-state index < -0.39 is 0 Å². The van der Waals surface area contributed by atoms with Gasteiger partial charge in [0.2, 0.25) is 0 Å². The Morgan fingerprint density at radius 1 is 1.41 bits per heavy atom. The molecule has 0 spiro atoms. The van der Waals surface area contributed by atoms with Gasteiger partial charge in [-0.2, -0.15) is 0 Å². The number of para-hydroxylation sites is 1. The molecule has 17 heavy (non-hydrogen) atoms. The third-order valence-electron chi connectivity index (χ3n) is 2.90.